The van der Waals surface area contributed by atoms with Crippen molar-refractivity contribution in [2.75, 3.05) is 12.4 Å². The van der Waals surface area contributed by atoms with E-state index >= 15 is 0 Å². The Morgan fingerprint density at radius 2 is 2.32 bits per heavy atom. The molecule has 0 radical (unpaired) electrons. The number of aromatic nitrogens is 2. The van der Waals surface area contributed by atoms with E-state index in [1.165, 1.54) is 7.11 Å². The van der Waals surface area contributed by atoms with Gasteiger partial charge in [-0.15, -0.1) is 0 Å². The molecule has 5 nitrogen and oxygen atoms in total. The highest BCUT2D eigenvalue weighted by Gasteiger charge is 2.10. The third-order valence-corrected chi connectivity index (χ3v) is 3.03. The Balaban J connectivity index is 2.14. The van der Waals surface area contributed by atoms with E-state index in [9.17, 15) is 4.79 Å². The molecule has 2 aromatic rings. The fraction of sp³-hybridized carbons (Fsp3) is 0.231. The van der Waals surface area contributed by atoms with Crippen molar-refractivity contribution in [3.63, 3.8) is 0 Å². The number of rotatable bonds is 4. The third-order valence-electron chi connectivity index (χ3n) is 2.62. The maximum absolute atomic E-state index is 11.9. The molecule has 0 saturated carbocycles. The predicted octanol–water partition coefficient (Wildman–Crippen LogP) is 2.49. The van der Waals surface area contributed by atoms with Crippen LogP contribution in [-0.2, 0) is 11.3 Å². The summed E-state index contributed by atoms with van der Waals surface area (Å²) in [6.45, 7) is 2.02. The van der Waals surface area contributed by atoms with Crippen molar-refractivity contribution >= 4 is 23.2 Å². The standard InChI is InChI=1S/C13H14ClN3O2/c1-9-6-11(12(19-2)7-10(9)14)16-13(18)8-17-5-3-4-15-17/h3-7H,8H2,1-2H3,(H,16,18). The second-order valence-electron chi connectivity index (χ2n) is 4.05. The third kappa shape index (κ3) is 3.26. The number of nitrogens with one attached hydrogen (secondary N) is 1. The van der Waals surface area contributed by atoms with Crippen molar-refractivity contribution < 1.29 is 9.53 Å². The van der Waals surface area contributed by atoms with Gasteiger partial charge in [0.25, 0.3) is 0 Å². The molecule has 1 heterocycles. The minimum absolute atomic E-state index is 0.151. The molecule has 1 amide bonds. The van der Waals surface area contributed by atoms with E-state index in [-0.39, 0.29) is 12.5 Å². The van der Waals surface area contributed by atoms with Gasteiger partial charge in [-0.1, -0.05) is 11.6 Å². The molecule has 0 atom stereocenters. The minimum Gasteiger partial charge on any atom is -0.495 e. The molecular formula is C13H14ClN3O2. The van der Waals surface area contributed by atoms with E-state index in [0.29, 0.717) is 16.5 Å². The monoisotopic (exact) mass is 279 g/mol. The molecular weight excluding hydrogens is 266 g/mol. The molecule has 6 heteroatoms. The molecule has 0 spiro atoms. The van der Waals surface area contributed by atoms with Crippen molar-refractivity contribution in [1.29, 1.82) is 0 Å². The Labute approximate surface area is 116 Å². The van der Waals surface area contributed by atoms with Gasteiger partial charge in [-0.3, -0.25) is 9.48 Å². The molecule has 0 aliphatic heterocycles. The van der Waals surface area contributed by atoms with Gasteiger partial charge < -0.3 is 10.1 Å². The lowest BCUT2D eigenvalue weighted by Crippen LogP contribution is -2.19. The van der Waals surface area contributed by atoms with Crippen LogP contribution in [0.1, 0.15) is 5.56 Å². The number of halogens is 1. The largest absolute Gasteiger partial charge is 0.495 e. The molecule has 1 aromatic carbocycles. The van der Waals surface area contributed by atoms with Gasteiger partial charge in [-0.25, -0.2) is 0 Å². The number of amides is 1. The molecule has 0 unspecified atom stereocenters. The van der Waals surface area contributed by atoms with Crippen molar-refractivity contribution in [2.24, 2.45) is 0 Å². The van der Waals surface area contributed by atoms with Gasteiger partial charge in [-0.2, -0.15) is 5.10 Å². The number of anilines is 1. The number of hydrogen-bond acceptors (Lipinski definition) is 3. The van der Waals surface area contributed by atoms with Gasteiger partial charge >= 0.3 is 0 Å². The summed E-state index contributed by atoms with van der Waals surface area (Å²) in [5, 5.41) is 7.36. The Kier molecular flexibility index (Phi) is 4.06. The maximum Gasteiger partial charge on any atom is 0.246 e. The van der Waals surface area contributed by atoms with Crippen LogP contribution in [0.2, 0.25) is 5.02 Å². The highest BCUT2D eigenvalue weighted by atomic mass is 35.5. The quantitative estimate of drug-likeness (QED) is 0.935. The van der Waals surface area contributed by atoms with Gasteiger partial charge in [0, 0.05) is 23.5 Å². The minimum atomic E-state index is -0.177. The number of nitrogens with zero attached hydrogens (tertiary/aromatic N) is 2. The predicted molar refractivity (Wildman–Crippen MR) is 73.6 cm³/mol. The summed E-state index contributed by atoms with van der Waals surface area (Å²) in [6.07, 6.45) is 3.35. The molecule has 0 fully saturated rings. The summed E-state index contributed by atoms with van der Waals surface area (Å²) in [5.41, 5.74) is 1.47. The maximum atomic E-state index is 11.9. The summed E-state index contributed by atoms with van der Waals surface area (Å²) in [7, 11) is 1.53. The molecule has 19 heavy (non-hydrogen) atoms. The first kappa shape index (κ1) is 13.4. The molecule has 0 aliphatic carbocycles. The number of benzene rings is 1. The Hall–Kier alpha value is -2.01. The van der Waals surface area contributed by atoms with Crippen LogP contribution >= 0.6 is 11.6 Å². The van der Waals surface area contributed by atoms with E-state index in [1.807, 2.05) is 6.92 Å². The second kappa shape index (κ2) is 5.75. The molecule has 100 valence electrons. The molecule has 1 N–H and O–H groups in total. The fourth-order valence-electron chi connectivity index (χ4n) is 1.66. The van der Waals surface area contributed by atoms with E-state index in [1.54, 1.807) is 35.3 Å². The highest BCUT2D eigenvalue weighted by molar-refractivity contribution is 6.31. The van der Waals surface area contributed by atoms with Crippen LogP contribution in [-0.4, -0.2) is 22.8 Å². The molecule has 0 saturated heterocycles. The van der Waals surface area contributed by atoms with Gasteiger partial charge in [0.05, 0.1) is 12.8 Å². The van der Waals surface area contributed by atoms with Crippen molar-refractivity contribution in [3.05, 3.63) is 41.2 Å². The normalized spacial score (nSPS) is 10.3. The van der Waals surface area contributed by atoms with Crippen LogP contribution in [0, 0.1) is 6.92 Å². The van der Waals surface area contributed by atoms with Crippen LogP contribution < -0.4 is 10.1 Å². The van der Waals surface area contributed by atoms with Crippen molar-refractivity contribution in [2.45, 2.75) is 13.5 Å². The number of aryl methyl sites for hydroxylation is 1. The smallest absolute Gasteiger partial charge is 0.246 e. The lowest BCUT2D eigenvalue weighted by molar-refractivity contribution is -0.116. The van der Waals surface area contributed by atoms with Crippen molar-refractivity contribution in [1.82, 2.24) is 9.78 Å². The van der Waals surface area contributed by atoms with Crippen molar-refractivity contribution in [3.8, 4) is 5.75 Å². The number of carbonyl (C=O) groups excluding carboxylic acids is 1. The zero-order valence-electron chi connectivity index (χ0n) is 10.7. The molecule has 1 aromatic heterocycles. The van der Waals surface area contributed by atoms with Gasteiger partial charge in [0.2, 0.25) is 5.91 Å². The lowest BCUT2D eigenvalue weighted by Gasteiger charge is -2.12. The summed E-state index contributed by atoms with van der Waals surface area (Å²) in [6, 6.07) is 5.23. The Morgan fingerprint density at radius 1 is 1.53 bits per heavy atom. The number of carbonyl (C=O) groups is 1. The first-order chi connectivity index (χ1) is 9.10. The van der Waals surface area contributed by atoms with Gasteiger partial charge in [0.1, 0.15) is 12.3 Å². The van der Waals surface area contributed by atoms with Crippen LogP contribution in [0.15, 0.2) is 30.6 Å². The second-order valence-corrected chi connectivity index (χ2v) is 4.46. The summed E-state index contributed by atoms with van der Waals surface area (Å²) < 4.78 is 6.74. The summed E-state index contributed by atoms with van der Waals surface area (Å²) >= 11 is 6.01. The molecule has 0 bridgehead atoms. The SMILES string of the molecule is COc1cc(Cl)c(C)cc1NC(=O)Cn1cccn1. The van der Waals surface area contributed by atoms with Gasteiger partial charge in [-0.05, 0) is 24.6 Å². The van der Waals surface area contributed by atoms with E-state index < -0.39 is 0 Å². The Bertz CT molecular complexity index is 582. The zero-order chi connectivity index (χ0) is 13.8. The molecule has 2 rings (SSSR count). The number of ether oxygens (including phenoxy) is 1. The average molecular weight is 280 g/mol. The Morgan fingerprint density at radius 3 is 2.95 bits per heavy atom. The summed E-state index contributed by atoms with van der Waals surface area (Å²) in [4.78, 5) is 11.9. The van der Waals surface area contributed by atoms with Crippen LogP contribution in [0.4, 0.5) is 5.69 Å². The lowest BCUT2D eigenvalue weighted by atomic mass is 10.2. The topological polar surface area (TPSA) is 56.1 Å². The highest BCUT2D eigenvalue weighted by Crippen LogP contribution is 2.30. The first-order valence-electron chi connectivity index (χ1n) is 5.71. The van der Waals surface area contributed by atoms with Crippen LogP contribution in [0.25, 0.3) is 0 Å². The number of methoxy groups -OCH3 is 1. The van der Waals surface area contributed by atoms with E-state index in [0.717, 1.165) is 5.56 Å². The fourth-order valence-corrected chi connectivity index (χ4v) is 1.81. The first-order valence-corrected chi connectivity index (χ1v) is 6.09. The molecule has 0 aliphatic rings. The van der Waals surface area contributed by atoms with E-state index in [4.69, 9.17) is 16.3 Å². The van der Waals surface area contributed by atoms with Gasteiger partial charge in [0.15, 0.2) is 0 Å². The van der Waals surface area contributed by atoms with Crippen LogP contribution in [0.5, 0.6) is 5.75 Å². The zero-order valence-corrected chi connectivity index (χ0v) is 11.4. The number of hydrogen-bond donors (Lipinski definition) is 1. The summed E-state index contributed by atoms with van der Waals surface area (Å²) in [5.74, 6) is 0.355. The van der Waals surface area contributed by atoms with Crippen LogP contribution in [0.3, 0.4) is 0 Å². The van der Waals surface area contributed by atoms with E-state index in [2.05, 4.69) is 10.4 Å². The average Bonchev–Trinajstić information content (AvgIpc) is 2.86.